The van der Waals surface area contributed by atoms with Crippen molar-refractivity contribution in [3.63, 3.8) is 0 Å². The van der Waals surface area contributed by atoms with E-state index in [1.165, 1.54) is 0 Å². The van der Waals surface area contributed by atoms with Crippen LogP contribution < -0.4 is 0 Å². The lowest BCUT2D eigenvalue weighted by atomic mass is 10.1. The molecule has 3 atom stereocenters. The minimum Gasteiger partial charge on any atom is -0.481 e. The van der Waals surface area contributed by atoms with E-state index < -0.39 is 5.97 Å². The number of carbonyl (C=O) groups excluding carboxylic acids is 1. The fourth-order valence-corrected chi connectivity index (χ4v) is 3.75. The number of fused-ring (bicyclic) bond motifs is 1. The second-order valence-electron chi connectivity index (χ2n) is 6.51. The third kappa shape index (κ3) is 2.36. The molecule has 124 valence electrons. The summed E-state index contributed by atoms with van der Waals surface area (Å²) in [5.74, 6) is -0.185. The minimum atomic E-state index is -0.741. The molecule has 2 aliphatic rings. The lowest BCUT2D eigenvalue weighted by molar-refractivity contribution is -0.139. The van der Waals surface area contributed by atoms with E-state index in [2.05, 4.69) is 9.97 Å². The van der Waals surface area contributed by atoms with Crippen molar-refractivity contribution >= 4 is 11.9 Å². The number of nitrogens with zero attached hydrogens (tertiary/aromatic N) is 4. The van der Waals surface area contributed by atoms with Gasteiger partial charge in [0.25, 0.3) is 5.91 Å². The maximum Gasteiger partial charge on any atom is 0.307 e. The summed E-state index contributed by atoms with van der Waals surface area (Å²) in [7, 11) is 1.83. The van der Waals surface area contributed by atoms with E-state index >= 15 is 0 Å². The molecule has 1 aliphatic heterocycles. The van der Waals surface area contributed by atoms with Crippen molar-refractivity contribution in [3.8, 4) is 11.5 Å². The number of aryl methyl sites for hydroxylation is 1. The molecule has 1 aliphatic carbocycles. The molecule has 1 amide bonds. The third-order valence-corrected chi connectivity index (χ3v) is 5.06. The number of carbonyl (C=O) groups is 2. The van der Waals surface area contributed by atoms with Crippen LogP contribution in [-0.4, -0.2) is 49.5 Å². The fourth-order valence-electron chi connectivity index (χ4n) is 3.75. The summed E-state index contributed by atoms with van der Waals surface area (Å²) >= 11 is 0. The summed E-state index contributed by atoms with van der Waals surface area (Å²) in [6, 6.07) is 5.56. The molecule has 1 saturated carbocycles. The van der Waals surface area contributed by atoms with Gasteiger partial charge in [0.15, 0.2) is 5.82 Å². The van der Waals surface area contributed by atoms with Gasteiger partial charge >= 0.3 is 5.97 Å². The van der Waals surface area contributed by atoms with Crippen molar-refractivity contribution in [1.82, 2.24) is 19.4 Å². The summed E-state index contributed by atoms with van der Waals surface area (Å²) in [5.41, 5.74) is 1.09. The Morgan fingerprint density at radius 1 is 1.29 bits per heavy atom. The number of carboxylic acids is 1. The summed E-state index contributed by atoms with van der Waals surface area (Å²) in [6.45, 7) is 1.11. The molecule has 1 N–H and O–H groups in total. The Morgan fingerprint density at radius 2 is 2.12 bits per heavy atom. The molecule has 24 heavy (non-hydrogen) atoms. The number of hydrogen-bond acceptors (Lipinski definition) is 4. The van der Waals surface area contributed by atoms with Gasteiger partial charge in [0, 0.05) is 32.5 Å². The summed E-state index contributed by atoms with van der Waals surface area (Å²) in [4.78, 5) is 34.3. The van der Waals surface area contributed by atoms with Crippen LogP contribution in [0.25, 0.3) is 11.5 Å². The van der Waals surface area contributed by atoms with Crippen LogP contribution in [0.4, 0.5) is 0 Å². The Labute approximate surface area is 138 Å². The quantitative estimate of drug-likeness (QED) is 0.918. The van der Waals surface area contributed by atoms with Crippen LogP contribution in [-0.2, 0) is 11.8 Å². The molecule has 7 heteroatoms. The van der Waals surface area contributed by atoms with Crippen LogP contribution in [0.15, 0.2) is 30.6 Å². The minimum absolute atomic E-state index is 0.0965. The summed E-state index contributed by atoms with van der Waals surface area (Å²) in [5, 5.41) is 9.17. The molecule has 2 fully saturated rings. The molecule has 3 heterocycles. The van der Waals surface area contributed by atoms with E-state index in [1.807, 2.05) is 25.2 Å². The molecule has 0 radical (unpaired) electrons. The van der Waals surface area contributed by atoms with E-state index in [-0.39, 0.29) is 23.7 Å². The molecule has 0 unspecified atom stereocenters. The fraction of sp³-hybridized carbons (Fsp3) is 0.412. The normalized spacial score (nSPS) is 25.2. The highest BCUT2D eigenvalue weighted by molar-refractivity contribution is 5.93. The van der Waals surface area contributed by atoms with E-state index in [0.717, 1.165) is 6.42 Å². The van der Waals surface area contributed by atoms with Crippen LogP contribution in [0.3, 0.4) is 0 Å². The average Bonchev–Trinajstić information content (AvgIpc) is 3.19. The number of aliphatic carboxylic acids is 1. The average molecular weight is 326 g/mol. The van der Waals surface area contributed by atoms with Gasteiger partial charge in [-0.3, -0.25) is 14.6 Å². The monoisotopic (exact) mass is 326 g/mol. The van der Waals surface area contributed by atoms with Crippen LogP contribution >= 0.6 is 0 Å². The number of pyridine rings is 1. The zero-order valence-corrected chi connectivity index (χ0v) is 13.3. The van der Waals surface area contributed by atoms with Gasteiger partial charge in [-0.1, -0.05) is 6.07 Å². The van der Waals surface area contributed by atoms with E-state index in [9.17, 15) is 9.59 Å². The first kappa shape index (κ1) is 14.9. The maximum absolute atomic E-state index is 12.7. The zero-order chi connectivity index (χ0) is 16.8. The van der Waals surface area contributed by atoms with Gasteiger partial charge in [-0.25, -0.2) is 4.98 Å². The molecule has 2 aromatic heterocycles. The Kier molecular flexibility index (Phi) is 3.37. The number of aromatic nitrogens is 3. The van der Waals surface area contributed by atoms with Gasteiger partial charge in [-0.05, 0) is 30.4 Å². The first-order valence-electron chi connectivity index (χ1n) is 8.03. The second-order valence-corrected chi connectivity index (χ2v) is 6.51. The van der Waals surface area contributed by atoms with Gasteiger partial charge < -0.3 is 14.6 Å². The Balaban J connectivity index is 1.53. The highest BCUT2D eigenvalue weighted by atomic mass is 16.4. The van der Waals surface area contributed by atoms with Crippen molar-refractivity contribution in [3.05, 3.63) is 36.3 Å². The Morgan fingerprint density at radius 3 is 2.83 bits per heavy atom. The van der Waals surface area contributed by atoms with Gasteiger partial charge in [-0.15, -0.1) is 0 Å². The van der Waals surface area contributed by atoms with Crippen molar-refractivity contribution < 1.29 is 14.7 Å². The molecular formula is C17H18N4O3. The molecule has 1 saturated heterocycles. The van der Waals surface area contributed by atoms with Gasteiger partial charge in [0.05, 0.1) is 5.92 Å². The van der Waals surface area contributed by atoms with Gasteiger partial charge in [0.1, 0.15) is 11.4 Å². The Hall–Kier alpha value is -2.70. The van der Waals surface area contributed by atoms with Crippen LogP contribution in [0.5, 0.6) is 0 Å². The van der Waals surface area contributed by atoms with Crippen molar-refractivity contribution in [2.24, 2.45) is 24.8 Å². The van der Waals surface area contributed by atoms with Crippen LogP contribution in [0, 0.1) is 17.8 Å². The highest BCUT2D eigenvalue weighted by Crippen LogP contribution is 2.51. The predicted molar refractivity (Wildman–Crippen MR) is 85.1 cm³/mol. The van der Waals surface area contributed by atoms with E-state index in [4.69, 9.17) is 5.11 Å². The molecule has 4 rings (SSSR count). The van der Waals surface area contributed by atoms with E-state index in [1.54, 1.807) is 21.9 Å². The number of imidazole rings is 1. The lowest BCUT2D eigenvalue weighted by Gasteiger charge is -2.25. The van der Waals surface area contributed by atoms with Crippen molar-refractivity contribution in [2.45, 2.75) is 6.42 Å². The number of carboxylic acid groups (broad SMARTS) is 1. The smallest absolute Gasteiger partial charge is 0.307 e. The first-order chi connectivity index (χ1) is 11.6. The molecule has 7 nitrogen and oxygen atoms in total. The third-order valence-electron chi connectivity index (χ3n) is 5.06. The Bertz CT molecular complexity index is 801. The van der Waals surface area contributed by atoms with Crippen molar-refractivity contribution in [2.75, 3.05) is 13.1 Å². The van der Waals surface area contributed by atoms with E-state index in [0.29, 0.717) is 30.3 Å². The largest absolute Gasteiger partial charge is 0.481 e. The van der Waals surface area contributed by atoms with Crippen LogP contribution in [0.1, 0.15) is 16.9 Å². The second kappa shape index (κ2) is 5.43. The standard InChI is InChI=1S/C17H18N4O3/c1-20-9-13(19-15(20)12-4-2-3-6-18-12)16(22)21-7-5-10-11(8-21)14(10)17(23)24/h2-4,6,9-11,14H,5,7-8H2,1H3,(H,23,24)/t10-,11+,14-/m0/s1. The number of piperidine rings is 1. The lowest BCUT2D eigenvalue weighted by Crippen LogP contribution is -2.37. The summed E-state index contributed by atoms with van der Waals surface area (Å²) < 4.78 is 1.79. The topological polar surface area (TPSA) is 88.3 Å². The number of likely N-dealkylation sites (tertiary alicyclic amines) is 1. The SMILES string of the molecule is Cn1cc(C(=O)N2CC[C@H]3[C@@H](C2)[C@H]3C(=O)O)nc1-c1ccccn1. The highest BCUT2D eigenvalue weighted by Gasteiger charge is 2.57. The van der Waals surface area contributed by atoms with Gasteiger partial charge in [-0.2, -0.15) is 0 Å². The summed E-state index contributed by atoms with van der Waals surface area (Å²) in [6.07, 6.45) is 4.16. The molecule has 0 spiro atoms. The van der Waals surface area contributed by atoms with Gasteiger partial charge in [0.2, 0.25) is 0 Å². The predicted octanol–water partition coefficient (Wildman–Crippen LogP) is 1.27. The molecule has 0 bridgehead atoms. The first-order valence-corrected chi connectivity index (χ1v) is 8.03. The molecular weight excluding hydrogens is 308 g/mol. The molecule has 0 aromatic carbocycles. The number of amides is 1. The van der Waals surface area contributed by atoms with Crippen LogP contribution in [0.2, 0.25) is 0 Å². The number of rotatable bonds is 3. The maximum atomic E-state index is 12.7. The molecule has 2 aromatic rings. The zero-order valence-electron chi connectivity index (χ0n) is 13.3. The number of hydrogen-bond donors (Lipinski definition) is 1. The van der Waals surface area contributed by atoms with Crippen molar-refractivity contribution in [1.29, 1.82) is 0 Å².